The second-order valence-corrected chi connectivity index (χ2v) is 5.12. The number of allylic oxidation sites excluding steroid dienone is 3. The van der Waals surface area contributed by atoms with Crippen LogP contribution in [0.2, 0.25) is 0 Å². The van der Waals surface area contributed by atoms with Crippen molar-refractivity contribution in [3.63, 3.8) is 0 Å². The fourth-order valence-electron chi connectivity index (χ4n) is 2.36. The molecule has 3 rings (SSSR count). The Hall–Kier alpha value is -3.06. The van der Waals surface area contributed by atoms with E-state index in [1.165, 1.54) is 0 Å². The number of nitriles is 1. The van der Waals surface area contributed by atoms with Crippen LogP contribution in [0.5, 0.6) is 0 Å². The second kappa shape index (κ2) is 5.74. The second-order valence-electron chi connectivity index (χ2n) is 5.12. The van der Waals surface area contributed by atoms with Gasteiger partial charge in [-0.05, 0) is 24.6 Å². The first-order chi connectivity index (χ1) is 10.7. The maximum atomic E-state index is 12.1. The quantitative estimate of drug-likeness (QED) is 0.785. The lowest BCUT2D eigenvalue weighted by atomic mass is 9.96. The van der Waals surface area contributed by atoms with Gasteiger partial charge in [-0.15, -0.1) is 0 Å². The zero-order valence-electron chi connectivity index (χ0n) is 12.0. The highest BCUT2D eigenvalue weighted by Crippen LogP contribution is 2.19. The topological polar surface area (TPSA) is 65.6 Å². The summed E-state index contributed by atoms with van der Waals surface area (Å²) in [6.45, 7) is 1.98. The Morgan fingerprint density at radius 1 is 1.32 bits per heavy atom. The number of carbonyl (C=O) groups is 1. The van der Waals surface area contributed by atoms with Gasteiger partial charge in [0.2, 0.25) is 0 Å². The Bertz CT molecular complexity index is 832. The standard InChI is InChI=1S/C18H13N3O/c1-12-5-4-6-13(9-12)10-14(11-19)17-20-16-8-3-2-7-15(16)18(22)21-17/h2-10,15H,1H3/b14-10+. The van der Waals surface area contributed by atoms with Crippen molar-refractivity contribution in [2.45, 2.75) is 6.92 Å². The molecule has 0 radical (unpaired) electrons. The molecule has 0 bridgehead atoms. The molecular weight excluding hydrogens is 274 g/mol. The molecule has 1 aliphatic heterocycles. The van der Waals surface area contributed by atoms with Gasteiger partial charge < -0.3 is 0 Å². The average Bonchev–Trinajstić information content (AvgIpc) is 2.52. The van der Waals surface area contributed by atoms with Crippen molar-refractivity contribution in [2.75, 3.05) is 0 Å². The minimum absolute atomic E-state index is 0.181. The molecule has 22 heavy (non-hydrogen) atoms. The number of hydrogen-bond donors (Lipinski definition) is 0. The van der Waals surface area contributed by atoms with Crippen LogP contribution in [0.4, 0.5) is 0 Å². The highest BCUT2D eigenvalue weighted by Gasteiger charge is 2.27. The number of fused-ring (bicyclic) bond motifs is 1. The van der Waals surface area contributed by atoms with Gasteiger partial charge in [-0.2, -0.15) is 10.3 Å². The summed E-state index contributed by atoms with van der Waals surface area (Å²) in [4.78, 5) is 20.4. The Balaban J connectivity index is 2.00. The molecule has 106 valence electrons. The highest BCUT2D eigenvalue weighted by molar-refractivity contribution is 6.26. The van der Waals surface area contributed by atoms with E-state index in [2.05, 4.69) is 16.1 Å². The fraction of sp³-hybridized carbons (Fsp3) is 0.111. The molecule has 1 amide bonds. The third-order valence-electron chi connectivity index (χ3n) is 3.43. The van der Waals surface area contributed by atoms with Crippen molar-refractivity contribution in [2.24, 2.45) is 15.9 Å². The van der Waals surface area contributed by atoms with E-state index in [1.807, 2.05) is 37.3 Å². The number of carbonyl (C=O) groups excluding carboxylic acids is 1. The number of nitrogens with zero attached hydrogens (tertiary/aromatic N) is 3. The predicted molar refractivity (Wildman–Crippen MR) is 86.4 cm³/mol. The van der Waals surface area contributed by atoms with Crippen LogP contribution in [0.3, 0.4) is 0 Å². The van der Waals surface area contributed by atoms with Gasteiger partial charge in [0.05, 0.1) is 11.3 Å². The van der Waals surface area contributed by atoms with Crippen LogP contribution in [0, 0.1) is 24.2 Å². The largest absolute Gasteiger partial charge is 0.271 e. The summed E-state index contributed by atoms with van der Waals surface area (Å²) in [6, 6.07) is 9.84. The fourth-order valence-corrected chi connectivity index (χ4v) is 2.36. The van der Waals surface area contributed by atoms with E-state index in [9.17, 15) is 10.1 Å². The van der Waals surface area contributed by atoms with Crippen molar-refractivity contribution in [3.05, 3.63) is 65.3 Å². The first kappa shape index (κ1) is 13.9. The lowest BCUT2D eigenvalue weighted by Crippen LogP contribution is -2.27. The van der Waals surface area contributed by atoms with Crippen molar-refractivity contribution in [1.29, 1.82) is 5.26 Å². The summed E-state index contributed by atoms with van der Waals surface area (Å²) >= 11 is 0. The number of benzene rings is 1. The molecule has 0 aromatic heterocycles. The Labute approximate surface area is 128 Å². The number of amidine groups is 1. The minimum Gasteiger partial charge on any atom is -0.271 e. The van der Waals surface area contributed by atoms with Gasteiger partial charge in [-0.25, -0.2) is 4.99 Å². The molecule has 1 aromatic carbocycles. The maximum absolute atomic E-state index is 12.1. The Kier molecular flexibility index (Phi) is 3.63. The van der Waals surface area contributed by atoms with Gasteiger partial charge in [0.1, 0.15) is 12.0 Å². The molecule has 0 saturated carbocycles. The molecule has 0 N–H and O–H groups in total. The smallest absolute Gasteiger partial charge is 0.260 e. The number of aryl methyl sites for hydroxylation is 1. The molecule has 0 spiro atoms. The van der Waals surface area contributed by atoms with Gasteiger partial charge in [-0.3, -0.25) is 4.79 Å². The van der Waals surface area contributed by atoms with E-state index < -0.39 is 5.92 Å². The maximum Gasteiger partial charge on any atom is 0.260 e. The van der Waals surface area contributed by atoms with E-state index in [0.717, 1.165) is 11.1 Å². The Morgan fingerprint density at radius 3 is 2.95 bits per heavy atom. The van der Waals surface area contributed by atoms with Gasteiger partial charge in [0.25, 0.3) is 5.91 Å². The molecule has 1 aromatic rings. The number of aliphatic imine (C=N–C) groups is 2. The molecule has 0 fully saturated rings. The molecule has 1 heterocycles. The van der Waals surface area contributed by atoms with Gasteiger partial charge >= 0.3 is 0 Å². The zero-order valence-corrected chi connectivity index (χ0v) is 12.0. The van der Waals surface area contributed by atoms with Crippen LogP contribution < -0.4 is 0 Å². The van der Waals surface area contributed by atoms with Gasteiger partial charge in [-0.1, -0.05) is 48.1 Å². The summed E-state index contributed by atoms with van der Waals surface area (Å²) in [6.07, 6.45) is 8.86. The molecule has 1 atom stereocenters. The van der Waals surface area contributed by atoms with Crippen LogP contribution >= 0.6 is 0 Å². The zero-order chi connectivity index (χ0) is 15.5. The third kappa shape index (κ3) is 2.70. The number of rotatable bonds is 2. The van der Waals surface area contributed by atoms with Crippen LogP contribution in [-0.4, -0.2) is 17.5 Å². The van der Waals surface area contributed by atoms with E-state index in [-0.39, 0.29) is 17.3 Å². The summed E-state index contributed by atoms with van der Waals surface area (Å²) in [7, 11) is 0. The van der Waals surface area contributed by atoms with Crippen molar-refractivity contribution < 1.29 is 4.79 Å². The van der Waals surface area contributed by atoms with Crippen molar-refractivity contribution in [3.8, 4) is 6.07 Å². The van der Waals surface area contributed by atoms with Gasteiger partial charge in [0, 0.05) is 0 Å². The molecule has 1 unspecified atom stereocenters. The first-order valence-corrected chi connectivity index (χ1v) is 6.92. The lowest BCUT2D eigenvalue weighted by Gasteiger charge is -2.17. The van der Waals surface area contributed by atoms with E-state index in [4.69, 9.17) is 0 Å². The first-order valence-electron chi connectivity index (χ1n) is 6.92. The van der Waals surface area contributed by atoms with E-state index in [0.29, 0.717) is 5.71 Å². The molecule has 4 heteroatoms. The minimum atomic E-state index is -0.423. The predicted octanol–water partition coefficient (Wildman–Crippen LogP) is 3.02. The molecule has 0 saturated heterocycles. The Morgan fingerprint density at radius 2 is 2.18 bits per heavy atom. The summed E-state index contributed by atoms with van der Waals surface area (Å²) < 4.78 is 0. The van der Waals surface area contributed by atoms with E-state index >= 15 is 0 Å². The van der Waals surface area contributed by atoms with E-state index in [1.54, 1.807) is 24.3 Å². The number of amides is 1. The van der Waals surface area contributed by atoms with Crippen molar-refractivity contribution in [1.82, 2.24) is 0 Å². The van der Waals surface area contributed by atoms with Crippen LogP contribution in [-0.2, 0) is 4.79 Å². The van der Waals surface area contributed by atoms with Gasteiger partial charge in [0.15, 0.2) is 5.84 Å². The summed E-state index contributed by atoms with van der Waals surface area (Å²) in [5.41, 5.74) is 2.89. The SMILES string of the molecule is Cc1cccc(/C=C(\C#N)C2=NC(=O)C3C=CC=CC3=N2)c1. The normalized spacial score (nSPS) is 20.1. The van der Waals surface area contributed by atoms with Crippen molar-refractivity contribution >= 4 is 23.5 Å². The molecular formula is C18H13N3O. The number of hydrogen-bond acceptors (Lipinski definition) is 3. The van der Waals surface area contributed by atoms with Crippen LogP contribution in [0.1, 0.15) is 11.1 Å². The summed E-state index contributed by atoms with van der Waals surface area (Å²) in [5.74, 6) is -0.529. The average molecular weight is 287 g/mol. The molecule has 2 aliphatic rings. The third-order valence-corrected chi connectivity index (χ3v) is 3.43. The monoisotopic (exact) mass is 287 g/mol. The molecule has 4 nitrogen and oxygen atoms in total. The summed E-state index contributed by atoms with van der Waals surface area (Å²) in [5, 5.41) is 9.38. The lowest BCUT2D eigenvalue weighted by molar-refractivity contribution is -0.118. The van der Waals surface area contributed by atoms with Crippen LogP contribution in [0.25, 0.3) is 6.08 Å². The molecule has 1 aliphatic carbocycles. The van der Waals surface area contributed by atoms with Crippen LogP contribution in [0.15, 0.2) is 64.1 Å². The highest BCUT2D eigenvalue weighted by atomic mass is 16.1.